The van der Waals surface area contributed by atoms with Gasteiger partial charge in [-0.25, -0.2) is 4.68 Å². The van der Waals surface area contributed by atoms with Crippen molar-refractivity contribution in [3.05, 3.63) is 89.8 Å². The Morgan fingerprint density at radius 2 is 1.93 bits per heavy atom. The number of amides is 1. The van der Waals surface area contributed by atoms with Crippen molar-refractivity contribution in [3.63, 3.8) is 0 Å². The normalized spacial score (nSPS) is 10.7. The maximum absolute atomic E-state index is 12.6. The fraction of sp³-hybridized carbons (Fsp3) is 0.130. The molecule has 0 aliphatic rings. The van der Waals surface area contributed by atoms with E-state index in [4.69, 9.17) is 6.42 Å². The lowest BCUT2D eigenvalue weighted by atomic mass is 10.1. The molecular weight excluding hydrogens is 334 g/mol. The van der Waals surface area contributed by atoms with Crippen LogP contribution in [0.1, 0.15) is 16.7 Å². The average Bonchev–Trinajstić information content (AvgIpc) is 3.17. The maximum Gasteiger partial charge on any atom is 0.247 e. The Hall–Kier alpha value is -3.58. The van der Waals surface area contributed by atoms with Crippen molar-refractivity contribution in [1.82, 2.24) is 14.7 Å². The van der Waals surface area contributed by atoms with Crippen molar-refractivity contribution in [2.45, 2.75) is 13.5 Å². The van der Waals surface area contributed by atoms with Gasteiger partial charge in [-0.15, -0.1) is 6.42 Å². The van der Waals surface area contributed by atoms with Crippen LogP contribution in [0.4, 0.5) is 0 Å². The van der Waals surface area contributed by atoms with Crippen LogP contribution in [0.3, 0.4) is 0 Å². The van der Waals surface area contributed by atoms with E-state index in [0.717, 1.165) is 16.8 Å². The number of aryl methyl sites for hydroxylation is 1. The Bertz CT molecular complexity index is 963. The Morgan fingerprint density at radius 1 is 1.19 bits per heavy atom. The first-order valence-corrected chi connectivity index (χ1v) is 8.72. The van der Waals surface area contributed by atoms with E-state index in [0.29, 0.717) is 6.54 Å². The number of benzene rings is 2. The van der Waals surface area contributed by atoms with Crippen molar-refractivity contribution in [3.8, 4) is 18.0 Å². The molecule has 4 nitrogen and oxygen atoms in total. The van der Waals surface area contributed by atoms with Crippen LogP contribution in [0.5, 0.6) is 0 Å². The lowest BCUT2D eigenvalue weighted by Crippen LogP contribution is -2.29. The molecule has 0 unspecified atom stereocenters. The highest BCUT2D eigenvalue weighted by atomic mass is 16.2. The summed E-state index contributed by atoms with van der Waals surface area (Å²) in [5.41, 5.74) is 4.05. The van der Waals surface area contributed by atoms with Crippen LogP contribution in [-0.2, 0) is 11.3 Å². The van der Waals surface area contributed by atoms with Crippen LogP contribution in [0.15, 0.2) is 73.1 Å². The van der Waals surface area contributed by atoms with Gasteiger partial charge >= 0.3 is 0 Å². The van der Waals surface area contributed by atoms with E-state index in [-0.39, 0.29) is 12.5 Å². The molecule has 0 radical (unpaired) electrons. The molecule has 0 bridgehead atoms. The first kappa shape index (κ1) is 18.2. The van der Waals surface area contributed by atoms with Gasteiger partial charge < -0.3 is 4.90 Å². The average molecular weight is 355 g/mol. The molecule has 0 saturated carbocycles. The first-order chi connectivity index (χ1) is 13.2. The molecule has 27 heavy (non-hydrogen) atoms. The standard InChI is InChI=1S/C23H21N3O/c1-3-15-25(17-20-11-9-19(2)10-12-20)23(27)14-13-21-16-24-26(18-21)22-7-5-4-6-8-22/h1,4-14,16,18H,15,17H2,2H3/b14-13+. The minimum atomic E-state index is -0.124. The van der Waals surface area contributed by atoms with Crippen LogP contribution in [0.25, 0.3) is 11.8 Å². The van der Waals surface area contributed by atoms with Gasteiger partial charge in [-0.1, -0.05) is 53.9 Å². The Morgan fingerprint density at radius 3 is 2.63 bits per heavy atom. The molecule has 0 aliphatic carbocycles. The number of nitrogens with zero attached hydrogens (tertiary/aromatic N) is 3. The highest BCUT2D eigenvalue weighted by Gasteiger charge is 2.10. The van der Waals surface area contributed by atoms with E-state index in [1.807, 2.05) is 67.7 Å². The van der Waals surface area contributed by atoms with E-state index < -0.39 is 0 Å². The molecule has 0 atom stereocenters. The number of terminal acetylenes is 1. The van der Waals surface area contributed by atoms with E-state index in [2.05, 4.69) is 11.0 Å². The zero-order chi connectivity index (χ0) is 19.1. The number of hydrogen-bond acceptors (Lipinski definition) is 2. The summed E-state index contributed by atoms with van der Waals surface area (Å²) >= 11 is 0. The highest BCUT2D eigenvalue weighted by molar-refractivity contribution is 5.91. The predicted octanol–water partition coefficient (Wildman–Crippen LogP) is 3.86. The molecule has 0 spiro atoms. The number of aromatic nitrogens is 2. The van der Waals surface area contributed by atoms with Gasteiger partial charge in [-0.3, -0.25) is 4.79 Å². The van der Waals surface area contributed by atoms with Crippen LogP contribution < -0.4 is 0 Å². The third-order valence-electron chi connectivity index (χ3n) is 4.13. The van der Waals surface area contributed by atoms with E-state index in [1.54, 1.807) is 21.9 Å². The number of rotatable bonds is 6. The lowest BCUT2D eigenvalue weighted by molar-refractivity contribution is -0.125. The summed E-state index contributed by atoms with van der Waals surface area (Å²) in [4.78, 5) is 14.2. The van der Waals surface area contributed by atoms with Gasteiger partial charge in [0, 0.05) is 24.4 Å². The van der Waals surface area contributed by atoms with E-state index >= 15 is 0 Å². The van der Waals surface area contributed by atoms with Gasteiger partial charge in [0.1, 0.15) is 0 Å². The van der Waals surface area contributed by atoms with E-state index in [9.17, 15) is 4.79 Å². The van der Waals surface area contributed by atoms with Crippen molar-refractivity contribution in [2.24, 2.45) is 0 Å². The van der Waals surface area contributed by atoms with Crippen LogP contribution in [0, 0.1) is 19.3 Å². The molecule has 3 rings (SSSR count). The van der Waals surface area contributed by atoms with Gasteiger partial charge in [0.25, 0.3) is 0 Å². The molecule has 1 heterocycles. The van der Waals surface area contributed by atoms with E-state index in [1.165, 1.54) is 11.6 Å². The summed E-state index contributed by atoms with van der Waals surface area (Å²) in [6.45, 7) is 2.78. The molecule has 1 aromatic heterocycles. The molecule has 0 fully saturated rings. The summed E-state index contributed by atoms with van der Waals surface area (Å²) in [6, 6.07) is 17.9. The fourth-order valence-electron chi connectivity index (χ4n) is 2.65. The SMILES string of the molecule is C#CCN(Cc1ccc(C)cc1)C(=O)/C=C/c1cnn(-c2ccccc2)c1. The van der Waals surface area contributed by atoms with Gasteiger partial charge in [-0.2, -0.15) is 5.10 Å². The fourth-order valence-corrected chi connectivity index (χ4v) is 2.65. The van der Waals surface area contributed by atoms with Gasteiger partial charge in [-0.05, 0) is 30.7 Å². The van der Waals surface area contributed by atoms with Crippen molar-refractivity contribution in [1.29, 1.82) is 0 Å². The number of hydrogen-bond donors (Lipinski definition) is 0. The second-order valence-electron chi connectivity index (χ2n) is 6.27. The van der Waals surface area contributed by atoms with Crippen molar-refractivity contribution < 1.29 is 4.79 Å². The third-order valence-corrected chi connectivity index (χ3v) is 4.13. The Labute approximate surface area is 159 Å². The maximum atomic E-state index is 12.6. The zero-order valence-corrected chi connectivity index (χ0v) is 15.2. The minimum Gasteiger partial charge on any atom is -0.324 e. The van der Waals surface area contributed by atoms with Gasteiger partial charge in [0.2, 0.25) is 5.91 Å². The molecular formula is C23H21N3O. The molecule has 0 aliphatic heterocycles. The lowest BCUT2D eigenvalue weighted by Gasteiger charge is -2.18. The first-order valence-electron chi connectivity index (χ1n) is 8.72. The Kier molecular flexibility index (Phi) is 5.86. The molecule has 3 aromatic rings. The molecule has 134 valence electrons. The van der Waals surface area contributed by atoms with Crippen LogP contribution >= 0.6 is 0 Å². The van der Waals surface area contributed by atoms with Crippen molar-refractivity contribution in [2.75, 3.05) is 6.54 Å². The molecule has 1 amide bonds. The van der Waals surface area contributed by atoms with Crippen LogP contribution in [-0.4, -0.2) is 27.1 Å². The highest BCUT2D eigenvalue weighted by Crippen LogP contribution is 2.10. The van der Waals surface area contributed by atoms with Gasteiger partial charge in [0.15, 0.2) is 0 Å². The molecule has 0 N–H and O–H groups in total. The topological polar surface area (TPSA) is 38.1 Å². The molecule has 2 aromatic carbocycles. The third kappa shape index (κ3) is 4.96. The number of carbonyl (C=O) groups excluding carboxylic acids is 1. The minimum absolute atomic E-state index is 0.124. The number of carbonyl (C=O) groups is 1. The molecule has 0 saturated heterocycles. The van der Waals surface area contributed by atoms with Gasteiger partial charge in [0.05, 0.1) is 18.4 Å². The monoisotopic (exact) mass is 355 g/mol. The molecule has 4 heteroatoms. The zero-order valence-electron chi connectivity index (χ0n) is 15.2. The largest absolute Gasteiger partial charge is 0.324 e. The smallest absolute Gasteiger partial charge is 0.247 e. The quantitative estimate of drug-likeness (QED) is 0.497. The second kappa shape index (κ2) is 8.68. The summed E-state index contributed by atoms with van der Waals surface area (Å²) < 4.78 is 1.77. The van der Waals surface area contributed by atoms with Crippen LogP contribution in [0.2, 0.25) is 0 Å². The summed E-state index contributed by atoms with van der Waals surface area (Å²) in [7, 11) is 0. The summed E-state index contributed by atoms with van der Waals surface area (Å²) in [5, 5.41) is 4.33. The summed E-state index contributed by atoms with van der Waals surface area (Å²) in [6.07, 6.45) is 12.3. The predicted molar refractivity (Wildman–Crippen MR) is 108 cm³/mol. The summed E-state index contributed by atoms with van der Waals surface area (Å²) in [5.74, 6) is 2.43. The van der Waals surface area contributed by atoms with Crippen molar-refractivity contribution >= 4 is 12.0 Å². The second-order valence-corrected chi connectivity index (χ2v) is 6.27. The number of para-hydroxylation sites is 1. The Balaban J connectivity index is 1.69.